The first-order valence-corrected chi connectivity index (χ1v) is 18.2. The zero-order chi connectivity index (χ0) is 35.3. The number of anilines is 4. The van der Waals surface area contributed by atoms with Crippen molar-refractivity contribution in [3.8, 4) is 11.5 Å². The number of hydrogen-bond donors (Lipinski definition) is 0. The van der Waals surface area contributed by atoms with Gasteiger partial charge in [-0.1, -0.05) is 110 Å². The zero-order valence-electron chi connectivity index (χ0n) is 31.3. The van der Waals surface area contributed by atoms with E-state index in [1.165, 1.54) is 33.4 Å². The zero-order valence-corrected chi connectivity index (χ0v) is 33.6. The van der Waals surface area contributed by atoms with Crippen molar-refractivity contribution in [2.75, 3.05) is 22.9 Å². The molecule has 2 aliphatic heterocycles. The van der Waals surface area contributed by atoms with Gasteiger partial charge in [0, 0.05) is 42.4 Å². The predicted molar refractivity (Wildman–Crippen MR) is 206 cm³/mol. The van der Waals surface area contributed by atoms with Gasteiger partial charge in [0.25, 0.3) is 0 Å². The summed E-state index contributed by atoms with van der Waals surface area (Å²) in [5.41, 5.74) is 9.60. The average Bonchev–Trinajstić information content (AvgIpc) is 3.10. The third-order valence-electron chi connectivity index (χ3n) is 10.4. The van der Waals surface area contributed by atoms with Gasteiger partial charge >= 0.3 is 21.1 Å². The monoisotopic (exact) mass is 857 g/mol. The largest absolute Gasteiger partial charge is 2.00 e. The van der Waals surface area contributed by atoms with Crippen molar-refractivity contribution >= 4 is 23.0 Å². The van der Waals surface area contributed by atoms with E-state index >= 15 is 0 Å². The summed E-state index contributed by atoms with van der Waals surface area (Å²) in [6, 6.07) is 33.3. The second-order valence-corrected chi connectivity index (χ2v) is 16.5. The van der Waals surface area contributed by atoms with Gasteiger partial charge in [-0.15, -0.1) is 41.0 Å². The molecular weight excluding hydrogens is 808 g/mol. The fourth-order valence-electron chi connectivity index (χ4n) is 7.43. The Bertz CT molecular complexity index is 2010. The van der Waals surface area contributed by atoms with Gasteiger partial charge in [0.1, 0.15) is 11.6 Å². The molecule has 4 heterocycles. The molecule has 0 spiro atoms. The van der Waals surface area contributed by atoms with Gasteiger partial charge in [0.15, 0.2) is 0 Å². The van der Waals surface area contributed by atoms with Gasteiger partial charge in [0.05, 0.1) is 0 Å². The number of hydrogen-bond acceptors (Lipinski definition) is 5. The molecule has 0 saturated carbocycles. The Kier molecular flexibility index (Phi) is 10.3. The summed E-state index contributed by atoms with van der Waals surface area (Å²) in [6.07, 6.45) is 8.03. The normalized spacial score (nSPS) is 14.7. The molecular formula is C45H50N4OPt. The molecule has 0 unspecified atom stereocenters. The van der Waals surface area contributed by atoms with Crippen LogP contribution < -0.4 is 14.5 Å². The van der Waals surface area contributed by atoms with Crippen molar-refractivity contribution in [1.82, 2.24) is 9.97 Å². The van der Waals surface area contributed by atoms with Crippen molar-refractivity contribution in [3.05, 3.63) is 131 Å². The van der Waals surface area contributed by atoms with Crippen LogP contribution in [0.15, 0.2) is 85.2 Å². The van der Waals surface area contributed by atoms with Crippen LogP contribution in [0.2, 0.25) is 0 Å². The molecule has 6 heteroatoms. The van der Waals surface area contributed by atoms with Crippen LogP contribution in [-0.4, -0.2) is 23.1 Å². The van der Waals surface area contributed by atoms with Gasteiger partial charge in [-0.3, -0.25) is 0 Å². The Morgan fingerprint density at radius 2 is 1.22 bits per heavy atom. The van der Waals surface area contributed by atoms with Crippen LogP contribution in [0.3, 0.4) is 0 Å². The number of fused-ring (bicyclic) bond motifs is 2. The number of aryl methyl sites for hydroxylation is 1. The molecule has 2 aliphatic rings. The van der Waals surface area contributed by atoms with Gasteiger partial charge in [-0.05, 0) is 64.6 Å². The molecule has 0 radical (unpaired) electrons. The number of nitrogens with zero attached hydrogens (tertiary/aromatic N) is 4. The third-order valence-corrected chi connectivity index (χ3v) is 10.4. The van der Waals surface area contributed by atoms with E-state index in [0.29, 0.717) is 11.5 Å². The van der Waals surface area contributed by atoms with Crippen molar-refractivity contribution in [1.29, 1.82) is 0 Å². The fraction of sp³-hybridized carbons (Fsp3) is 0.378. The summed E-state index contributed by atoms with van der Waals surface area (Å²) in [4.78, 5) is 14.4. The van der Waals surface area contributed by atoms with E-state index in [2.05, 4.69) is 150 Å². The maximum absolute atomic E-state index is 6.72. The van der Waals surface area contributed by atoms with Gasteiger partial charge < -0.3 is 14.5 Å². The summed E-state index contributed by atoms with van der Waals surface area (Å²) in [7, 11) is 0. The first-order valence-electron chi connectivity index (χ1n) is 18.2. The molecule has 0 fully saturated rings. The molecule has 7 rings (SSSR count). The molecule has 0 amide bonds. The van der Waals surface area contributed by atoms with E-state index in [1.807, 2.05) is 12.4 Å². The summed E-state index contributed by atoms with van der Waals surface area (Å²) >= 11 is 0. The Balaban J connectivity index is 0.00000448. The molecule has 0 N–H and O–H groups in total. The maximum Gasteiger partial charge on any atom is 2.00 e. The second kappa shape index (κ2) is 14.2. The topological polar surface area (TPSA) is 41.5 Å². The van der Waals surface area contributed by atoms with Crippen molar-refractivity contribution in [2.45, 2.75) is 97.3 Å². The van der Waals surface area contributed by atoms with E-state index < -0.39 is 0 Å². The Morgan fingerprint density at radius 3 is 1.88 bits per heavy atom. The predicted octanol–water partition coefficient (Wildman–Crippen LogP) is 11.0. The second-order valence-electron chi connectivity index (χ2n) is 16.5. The van der Waals surface area contributed by atoms with E-state index in [9.17, 15) is 0 Å². The number of benzene rings is 3. The number of rotatable bonds is 6. The summed E-state index contributed by atoms with van der Waals surface area (Å²) < 4.78 is 6.72. The number of pyridine rings is 2. The molecule has 0 atom stereocenters. The van der Waals surface area contributed by atoms with Crippen LogP contribution in [0.1, 0.15) is 102 Å². The van der Waals surface area contributed by atoms with E-state index in [0.717, 1.165) is 61.8 Å². The third kappa shape index (κ3) is 7.51. The summed E-state index contributed by atoms with van der Waals surface area (Å²) in [5.74, 6) is 3.29. The van der Waals surface area contributed by atoms with Crippen LogP contribution >= 0.6 is 0 Å². The Hall–Kier alpha value is -3.95. The number of aromatic nitrogens is 2. The van der Waals surface area contributed by atoms with E-state index in [-0.39, 0.29) is 37.3 Å². The first-order chi connectivity index (χ1) is 23.8. The Labute approximate surface area is 319 Å². The fourth-order valence-corrected chi connectivity index (χ4v) is 7.43. The van der Waals surface area contributed by atoms with Gasteiger partial charge in [-0.25, -0.2) is 9.97 Å². The molecule has 266 valence electrons. The first kappa shape index (κ1) is 36.8. The van der Waals surface area contributed by atoms with Crippen LogP contribution in [0.4, 0.5) is 23.0 Å². The molecule has 2 aromatic heterocycles. The van der Waals surface area contributed by atoms with Crippen LogP contribution in [0.25, 0.3) is 0 Å². The standard InChI is InChI=1S/C45H50N4O.Pt/c1-43(2,3)33-20-22-46-41(26-33)49-25-13-17-37-38(44(4,5)6)28-36(30-40(37)49)50-35-19-18-31-14-12-24-48(39(31)29-35)42-27-34(21-23-47-42)45(7,8)32-15-10-9-11-16-32;/h9-11,15-16,18-23,26-28H,12-14,17,24-25H2,1-8H3;/q-2;+2. The van der Waals surface area contributed by atoms with Crippen LogP contribution in [-0.2, 0) is 50.2 Å². The van der Waals surface area contributed by atoms with Crippen molar-refractivity contribution in [2.24, 2.45) is 0 Å². The van der Waals surface area contributed by atoms with E-state index in [1.54, 1.807) is 0 Å². The summed E-state index contributed by atoms with van der Waals surface area (Å²) in [6.45, 7) is 19.9. The van der Waals surface area contributed by atoms with Crippen molar-refractivity contribution in [3.63, 3.8) is 0 Å². The van der Waals surface area contributed by atoms with Gasteiger partial charge in [0.2, 0.25) is 0 Å². The SMILES string of the molecule is CC(C)(C)c1ccnc(N2CCCc3c2[c-]c(Oc2[c-]c4c(cc2)CCCN4c2cc(C(C)(C)c4ccccc4)ccn2)cc3C(C)(C)C)c1.[Pt+2]. The van der Waals surface area contributed by atoms with Crippen molar-refractivity contribution < 1.29 is 25.8 Å². The minimum Gasteiger partial charge on any atom is -0.509 e. The van der Waals surface area contributed by atoms with Gasteiger partial charge in [-0.2, -0.15) is 6.07 Å². The smallest absolute Gasteiger partial charge is 0.509 e. The Morgan fingerprint density at radius 1 is 0.608 bits per heavy atom. The molecule has 3 aromatic carbocycles. The maximum atomic E-state index is 6.72. The summed E-state index contributed by atoms with van der Waals surface area (Å²) in [5, 5.41) is 0. The average molecular weight is 858 g/mol. The van der Waals surface area contributed by atoms with Crippen LogP contribution in [0.5, 0.6) is 11.5 Å². The molecule has 0 bridgehead atoms. The minimum atomic E-state index is -0.156. The molecule has 5 aromatic rings. The molecule has 51 heavy (non-hydrogen) atoms. The molecule has 5 nitrogen and oxygen atoms in total. The van der Waals surface area contributed by atoms with Crippen LogP contribution in [0, 0.1) is 12.1 Å². The molecule has 0 aliphatic carbocycles. The molecule has 0 saturated heterocycles. The number of ether oxygens (including phenoxy) is 1. The van der Waals surface area contributed by atoms with E-state index in [4.69, 9.17) is 14.7 Å². The minimum absolute atomic E-state index is 0. The quantitative estimate of drug-likeness (QED) is 0.159.